The molecule has 1 fully saturated rings. The summed E-state index contributed by atoms with van der Waals surface area (Å²) in [6, 6.07) is 0. The number of ether oxygens (including phenoxy) is 1. The predicted octanol–water partition coefficient (Wildman–Crippen LogP) is -0.815. The first-order valence-corrected chi connectivity index (χ1v) is 5.79. The van der Waals surface area contributed by atoms with Crippen molar-refractivity contribution in [2.75, 3.05) is 19.8 Å². The number of nitrogens with one attached hydrogen (secondary N) is 1. The van der Waals surface area contributed by atoms with Gasteiger partial charge in [-0.1, -0.05) is 0 Å². The third kappa shape index (κ3) is 1.68. The molecule has 6 nitrogen and oxygen atoms in total. The van der Waals surface area contributed by atoms with Crippen molar-refractivity contribution < 1.29 is 4.74 Å². The van der Waals surface area contributed by atoms with Crippen molar-refractivity contribution in [3.8, 4) is 0 Å². The second-order valence-corrected chi connectivity index (χ2v) is 4.44. The molecule has 1 saturated heterocycles. The summed E-state index contributed by atoms with van der Waals surface area (Å²) >= 11 is 0. The molecule has 0 amide bonds. The summed E-state index contributed by atoms with van der Waals surface area (Å²) in [5.41, 5.74) is 0.0309. The van der Waals surface area contributed by atoms with Crippen LogP contribution in [0.25, 0.3) is 0 Å². The fraction of sp³-hybridized carbons (Fsp3) is 0.800. The van der Waals surface area contributed by atoms with E-state index in [0.717, 1.165) is 38.5 Å². The maximum absolute atomic E-state index is 12.0. The van der Waals surface area contributed by atoms with Gasteiger partial charge in [-0.2, -0.15) is 5.10 Å². The minimum Gasteiger partial charge on any atom is -0.381 e. The van der Waals surface area contributed by atoms with E-state index < -0.39 is 0 Å². The molecular weight excluding hydrogens is 208 g/mol. The van der Waals surface area contributed by atoms with E-state index >= 15 is 0 Å². The van der Waals surface area contributed by atoms with Gasteiger partial charge in [0.1, 0.15) is 5.82 Å². The lowest BCUT2D eigenvalue weighted by molar-refractivity contribution is 0.181. The standard InChI is InChI=1S/C10H16N4O2/c15-10-13-3-2-11-5-9(13)12-14(10)6-8-1-4-16-7-8/h8,11H,1-7H2. The maximum atomic E-state index is 12.0. The summed E-state index contributed by atoms with van der Waals surface area (Å²) in [5.74, 6) is 1.30. The van der Waals surface area contributed by atoms with Gasteiger partial charge in [0.15, 0.2) is 0 Å². The smallest absolute Gasteiger partial charge is 0.346 e. The molecule has 0 aliphatic carbocycles. The summed E-state index contributed by atoms with van der Waals surface area (Å²) < 4.78 is 8.68. The van der Waals surface area contributed by atoms with Crippen molar-refractivity contribution in [1.29, 1.82) is 0 Å². The van der Waals surface area contributed by atoms with Crippen molar-refractivity contribution in [3.05, 3.63) is 16.3 Å². The van der Waals surface area contributed by atoms with Gasteiger partial charge in [-0.05, 0) is 6.42 Å². The Balaban J connectivity index is 1.84. The molecule has 1 N–H and O–H groups in total. The lowest BCUT2D eigenvalue weighted by Crippen LogP contribution is -2.34. The minimum absolute atomic E-state index is 0.0309. The van der Waals surface area contributed by atoms with E-state index in [9.17, 15) is 4.79 Å². The molecule has 1 aromatic heterocycles. The van der Waals surface area contributed by atoms with Crippen LogP contribution >= 0.6 is 0 Å². The first-order chi connectivity index (χ1) is 7.84. The second kappa shape index (κ2) is 4.03. The zero-order valence-electron chi connectivity index (χ0n) is 9.19. The molecule has 0 spiro atoms. The molecule has 1 atom stereocenters. The van der Waals surface area contributed by atoms with E-state index in [1.54, 1.807) is 9.25 Å². The highest BCUT2D eigenvalue weighted by molar-refractivity contribution is 4.91. The molecular formula is C10H16N4O2. The van der Waals surface area contributed by atoms with Crippen molar-refractivity contribution in [2.24, 2.45) is 5.92 Å². The van der Waals surface area contributed by atoms with Gasteiger partial charge in [-0.15, -0.1) is 0 Å². The van der Waals surface area contributed by atoms with E-state index in [2.05, 4.69) is 10.4 Å². The van der Waals surface area contributed by atoms with Crippen molar-refractivity contribution in [1.82, 2.24) is 19.7 Å². The van der Waals surface area contributed by atoms with Gasteiger partial charge in [0.25, 0.3) is 0 Å². The lowest BCUT2D eigenvalue weighted by atomic mass is 10.1. The summed E-state index contributed by atoms with van der Waals surface area (Å²) in [7, 11) is 0. The normalized spacial score (nSPS) is 24.6. The van der Waals surface area contributed by atoms with Gasteiger partial charge in [0.05, 0.1) is 19.7 Å². The molecule has 0 radical (unpaired) electrons. The van der Waals surface area contributed by atoms with Crippen molar-refractivity contribution in [3.63, 3.8) is 0 Å². The Bertz CT molecular complexity index is 431. The van der Waals surface area contributed by atoms with Crippen LogP contribution in [0.1, 0.15) is 12.2 Å². The number of aromatic nitrogens is 3. The second-order valence-electron chi connectivity index (χ2n) is 4.44. The Kier molecular flexibility index (Phi) is 2.53. The van der Waals surface area contributed by atoms with Gasteiger partial charge in [-0.25, -0.2) is 9.48 Å². The Morgan fingerprint density at radius 2 is 2.50 bits per heavy atom. The van der Waals surface area contributed by atoms with Gasteiger partial charge in [0.2, 0.25) is 0 Å². The first-order valence-electron chi connectivity index (χ1n) is 5.79. The van der Waals surface area contributed by atoms with Crippen LogP contribution in [0.4, 0.5) is 0 Å². The minimum atomic E-state index is 0.0309. The molecule has 1 unspecified atom stereocenters. The summed E-state index contributed by atoms with van der Waals surface area (Å²) in [4.78, 5) is 12.0. The molecule has 0 aromatic carbocycles. The van der Waals surface area contributed by atoms with Gasteiger partial charge in [0, 0.05) is 25.6 Å². The summed E-state index contributed by atoms with van der Waals surface area (Å²) in [5, 5.41) is 7.58. The number of hydrogen-bond donors (Lipinski definition) is 1. The number of nitrogens with zero attached hydrogens (tertiary/aromatic N) is 3. The SMILES string of the molecule is O=c1n(CC2CCOC2)nc2n1CCNC2. The van der Waals surface area contributed by atoms with Crippen LogP contribution in [0.2, 0.25) is 0 Å². The Morgan fingerprint density at radius 1 is 1.56 bits per heavy atom. The van der Waals surface area contributed by atoms with Crippen LogP contribution in [0.5, 0.6) is 0 Å². The summed E-state index contributed by atoms with van der Waals surface area (Å²) in [6.45, 7) is 4.55. The van der Waals surface area contributed by atoms with E-state index in [1.165, 1.54) is 0 Å². The molecule has 0 saturated carbocycles. The highest BCUT2D eigenvalue weighted by Gasteiger charge is 2.21. The number of rotatable bonds is 2. The molecule has 3 heterocycles. The zero-order chi connectivity index (χ0) is 11.0. The average Bonchev–Trinajstić information content (AvgIpc) is 2.90. The average molecular weight is 224 g/mol. The van der Waals surface area contributed by atoms with Crippen LogP contribution in [-0.2, 0) is 24.4 Å². The van der Waals surface area contributed by atoms with Crippen molar-refractivity contribution >= 4 is 0 Å². The van der Waals surface area contributed by atoms with Crippen LogP contribution in [0.3, 0.4) is 0 Å². The topological polar surface area (TPSA) is 61.1 Å². The third-order valence-electron chi connectivity index (χ3n) is 3.25. The molecule has 0 bridgehead atoms. The lowest BCUT2D eigenvalue weighted by Gasteiger charge is -2.11. The van der Waals surface area contributed by atoms with Gasteiger partial charge in [-0.3, -0.25) is 4.57 Å². The maximum Gasteiger partial charge on any atom is 0.346 e. The van der Waals surface area contributed by atoms with Crippen LogP contribution in [0.15, 0.2) is 4.79 Å². The Morgan fingerprint density at radius 3 is 3.25 bits per heavy atom. The fourth-order valence-electron chi connectivity index (χ4n) is 2.32. The Labute approximate surface area is 93.2 Å². The van der Waals surface area contributed by atoms with Gasteiger partial charge < -0.3 is 10.1 Å². The highest BCUT2D eigenvalue weighted by Crippen LogP contribution is 2.13. The van der Waals surface area contributed by atoms with Crippen LogP contribution in [0, 0.1) is 5.92 Å². The Hall–Kier alpha value is -1.14. The third-order valence-corrected chi connectivity index (χ3v) is 3.25. The largest absolute Gasteiger partial charge is 0.381 e. The summed E-state index contributed by atoms with van der Waals surface area (Å²) in [6.07, 6.45) is 1.03. The van der Waals surface area contributed by atoms with Gasteiger partial charge >= 0.3 is 5.69 Å². The molecule has 2 aliphatic heterocycles. The number of fused-ring (bicyclic) bond motifs is 1. The molecule has 16 heavy (non-hydrogen) atoms. The zero-order valence-corrected chi connectivity index (χ0v) is 9.19. The quantitative estimate of drug-likeness (QED) is 0.713. The molecule has 88 valence electrons. The van der Waals surface area contributed by atoms with E-state index in [-0.39, 0.29) is 5.69 Å². The molecule has 1 aromatic rings. The fourth-order valence-corrected chi connectivity index (χ4v) is 2.32. The van der Waals surface area contributed by atoms with E-state index in [4.69, 9.17) is 4.74 Å². The van der Waals surface area contributed by atoms with E-state index in [1.807, 2.05) is 0 Å². The molecule has 6 heteroatoms. The molecule has 3 rings (SSSR count). The van der Waals surface area contributed by atoms with Crippen molar-refractivity contribution in [2.45, 2.75) is 26.1 Å². The van der Waals surface area contributed by atoms with Crippen LogP contribution in [-0.4, -0.2) is 34.1 Å². The highest BCUT2D eigenvalue weighted by atomic mass is 16.5. The monoisotopic (exact) mass is 224 g/mol. The number of hydrogen-bond acceptors (Lipinski definition) is 4. The first kappa shape index (κ1) is 10.0. The van der Waals surface area contributed by atoms with Crippen LogP contribution < -0.4 is 11.0 Å². The van der Waals surface area contributed by atoms with E-state index in [0.29, 0.717) is 19.0 Å². The predicted molar refractivity (Wildman–Crippen MR) is 57.1 cm³/mol. The molecule has 2 aliphatic rings.